The van der Waals surface area contributed by atoms with Crippen LogP contribution in [0, 0.1) is 20.8 Å². The molecule has 0 saturated carbocycles. The molecular weight excluding hydrogens is 318 g/mol. The number of pyridine rings is 1. The molecule has 3 aromatic rings. The smallest absolute Gasteiger partial charge is 0.0529 e. The highest BCUT2D eigenvalue weighted by atomic mass is 15.1. The van der Waals surface area contributed by atoms with Crippen molar-refractivity contribution in [2.45, 2.75) is 40.7 Å². The van der Waals surface area contributed by atoms with Crippen molar-refractivity contribution < 1.29 is 0 Å². The standard InChI is InChI=1S/C23H27N3/c1-15-6-7-22-20(10-15)21-14-25(5)9-8-23(21)26(22)13-16(2)19-11-17(3)24-18(4)12-19/h6-7,10-13H,8-9,14H2,1-5H3/b16-13+. The number of aryl methyl sites for hydroxylation is 3. The van der Waals surface area contributed by atoms with E-state index in [-0.39, 0.29) is 0 Å². The van der Waals surface area contributed by atoms with Crippen LogP contribution in [0.1, 0.15) is 40.7 Å². The van der Waals surface area contributed by atoms with E-state index in [1.54, 1.807) is 0 Å². The van der Waals surface area contributed by atoms with Crippen molar-refractivity contribution in [1.29, 1.82) is 0 Å². The fraction of sp³-hybridized carbons (Fsp3) is 0.348. The van der Waals surface area contributed by atoms with Crippen LogP contribution in [0.4, 0.5) is 0 Å². The van der Waals surface area contributed by atoms with Gasteiger partial charge in [0.2, 0.25) is 0 Å². The summed E-state index contributed by atoms with van der Waals surface area (Å²) in [6.07, 6.45) is 3.41. The molecule has 0 unspecified atom stereocenters. The van der Waals surface area contributed by atoms with Gasteiger partial charge in [-0.3, -0.25) is 4.98 Å². The number of hydrogen-bond donors (Lipinski definition) is 0. The van der Waals surface area contributed by atoms with Gasteiger partial charge < -0.3 is 9.47 Å². The molecule has 3 nitrogen and oxygen atoms in total. The minimum Gasteiger partial charge on any atom is -0.320 e. The van der Waals surface area contributed by atoms with Gasteiger partial charge in [0.25, 0.3) is 0 Å². The van der Waals surface area contributed by atoms with Gasteiger partial charge >= 0.3 is 0 Å². The third-order valence-electron chi connectivity index (χ3n) is 5.39. The minimum atomic E-state index is 1.03. The van der Waals surface area contributed by atoms with Crippen LogP contribution < -0.4 is 0 Å². The number of rotatable bonds is 2. The van der Waals surface area contributed by atoms with E-state index in [1.807, 2.05) is 0 Å². The first-order chi connectivity index (χ1) is 12.4. The van der Waals surface area contributed by atoms with Gasteiger partial charge in [-0.1, -0.05) is 11.6 Å². The molecule has 0 amide bonds. The Bertz CT molecular complexity index is 1000. The maximum atomic E-state index is 4.51. The molecule has 4 rings (SSSR count). The maximum absolute atomic E-state index is 4.51. The quantitative estimate of drug-likeness (QED) is 0.654. The van der Waals surface area contributed by atoms with E-state index in [9.17, 15) is 0 Å². The summed E-state index contributed by atoms with van der Waals surface area (Å²) in [5.74, 6) is 0. The topological polar surface area (TPSA) is 21.1 Å². The van der Waals surface area contributed by atoms with Gasteiger partial charge in [0.1, 0.15) is 0 Å². The highest BCUT2D eigenvalue weighted by molar-refractivity contribution is 5.90. The van der Waals surface area contributed by atoms with Crippen LogP contribution >= 0.6 is 0 Å². The molecule has 3 heterocycles. The number of fused-ring (bicyclic) bond motifs is 3. The molecule has 0 saturated heterocycles. The normalized spacial score (nSPS) is 15.5. The Morgan fingerprint density at radius 2 is 1.81 bits per heavy atom. The molecule has 1 aliphatic rings. The predicted molar refractivity (Wildman–Crippen MR) is 110 cm³/mol. The van der Waals surface area contributed by atoms with Crippen LogP contribution in [-0.4, -0.2) is 28.0 Å². The Kier molecular flexibility index (Phi) is 4.20. The first kappa shape index (κ1) is 17.0. The van der Waals surface area contributed by atoms with Gasteiger partial charge in [-0.15, -0.1) is 0 Å². The Morgan fingerprint density at radius 3 is 2.54 bits per heavy atom. The molecule has 0 fully saturated rings. The van der Waals surface area contributed by atoms with E-state index < -0.39 is 0 Å². The van der Waals surface area contributed by atoms with Gasteiger partial charge in [0.15, 0.2) is 0 Å². The number of nitrogens with zero attached hydrogens (tertiary/aromatic N) is 3. The van der Waals surface area contributed by atoms with Crippen molar-refractivity contribution in [3.05, 3.63) is 64.1 Å². The summed E-state index contributed by atoms with van der Waals surface area (Å²) in [6, 6.07) is 11.2. The Morgan fingerprint density at radius 1 is 1.08 bits per heavy atom. The molecule has 0 aliphatic carbocycles. The zero-order valence-electron chi connectivity index (χ0n) is 16.4. The van der Waals surface area contributed by atoms with Gasteiger partial charge in [0, 0.05) is 48.2 Å². The molecule has 1 aliphatic heterocycles. The van der Waals surface area contributed by atoms with Crippen LogP contribution in [0.5, 0.6) is 0 Å². The van der Waals surface area contributed by atoms with Crippen LogP contribution in [0.15, 0.2) is 30.3 Å². The summed E-state index contributed by atoms with van der Waals surface area (Å²) < 4.78 is 2.43. The van der Waals surface area contributed by atoms with Crippen LogP contribution in [0.2, 0.25) is 0 Å². The molecule has 0 spiro atoms. The maximum Gasteiger partial charge on any atom is 0.0529 e. The van der Waals surface area contributed by atoms with Gasteiger partial charge in [0.05, 0.1) is 5.52 Å². The molecule has 26 heavy (non-hydrogen) atoms. The first-order valence-corrected chi connectivity index (χ1v) is 9.37. The largest absolute Gasteiger partial charge is 0.320 e. The molecule has 0 radical (unpaired) electrons. The van der Waals surface area contributed by atoms with Crippen molar-refractivity contribution in [3.63, 3.8) is 0 Å². The summed E-state index contributed by atoms with van der Waals surface area (Å²) >= 11 is 0. The van der Waals surface area contributed by atoms with E-state index in [2.05, 4.69) is 85.7 Å². The van der Waals surface area contributed by atoms with Crippen molar-refractivity contribution in [3.8, 4) is 0 Å². The first-order valence-electron chi connectivity index (χ1n) is 9.37. The van der Waals surface area contributed by atoms with Crippen LogP contribution in [0.25, 0.3) is 22.7 Å². The average molecular weight is 345 g/mol. The highest BCUT2D eigenvalue weighted by Crippen LogP contribution is 2.32. The third kappa shape index (κ3) is 2.97. The van der Waals surface area contributed by atoms with Crippen molar-refractivity contribution in [2.75, 3.05) is 13.6 Å². The average Bonchev–Trinajstić information content (AvgIpc) is 2.86. The van der Waals surface area contributed by atoms with Crippen molar-refractivity contribution in [2.24, 2.45) is 0 Å². The second kappa shape index (κ2) is 6.40. The summed E-state index contributed by atoms with van der Waals surface area (Å²) in [7, 11) is 2.21. The molecule has 134 valence electrons. The molecular formula is C23H27N3. The van der Waals surface area contributed by atoms with E-state index in [4.69, 9.17) is 0 Å². The lowest BCUT2D eigenvalue weighted by atomic mass is 10.0. The Balaban J connectivity index is 1.91. The second-order valence-corrected chi connectivity index (χ2v) is 7.75. The fourth-order valence-electron chi connectivity index (χ4n) is 4.12. The van der Waals surface area contributed by atoms with Gasteiger partial charge in [-0.05, 0) is 75.7 Å². The zero-order chi connectivity index (χ0) is 18.4. The monoisotopic (exact) mass is 345 g/mol. The molecule has 3 heteroatoms. The molecule has 0 bridgehead atoms. The Hall–Kier alpha value is -2.39. The van der Waals surface area contributed by atoms with E-state index in [0.717, 1.165) is 30.9 Å². The van der Waals surface area contributed by atoms with E-state index in [0.29, 0.717) is 0 Å². The van der Waals surface area contributed by atoms with Crippen LogP contribution in [0.3, 0.4) is 0 Å². The fourth-order valence-corrected chi connectivity index (χ4v) is 4.12. The molecule has 0 N–H and O–H groups in total. The number of benzene rings is 1. The SMILES string of the molecule is C/C(=C\n1c2c(c3cc(C)ccc31)CN(C)CC2)c1cc(C)nc(C)c1. The highest BCUT2D eigenvalue weighted by Gasteiger charge is 2.21. The van der Waals surface area contributed by atoms with Gasteiger partial charge in [-0.2, -0.15) is 0 Å². The summed E-state index contributed by atoms with van der Waals surface area (Å²) in [6.45, 7) is 10.7. The van der Waals surface area contributed by atoms with E-state index in [1.165, 1.54) is 38.9 Å². The summed E-state index contributed by atoms with van der Waals surface area (Å²) in [4.78, 5) is 6.93. The van der Waals surface area contributed by atoms with Crippen molar-refractivity contribution in [1.82, 2.24) is 14.5 Å². The molecule has 2 aromatic heterocycles. The Labute approximate surface area is 156 Å². The number of likely N-dealkylation sites (N-methyl/N-ethyl adjacent to an activating group) is 1. The third-order valence-corrected chi connectivity index (χ3v) is 5.39. The lowest BCUT2D eigenvalue weighted by molar-refractivity contribution is 0.312. The number of aromatic nitrogens is 2. The predicted octanol–water partition coefficient (Wildman–Crippen LogP) is 4.97. The summed E-state index contributed by atoms with van der Waals surface area (Å²) in [5, 5.41) is 1.40. The lowest BCUT2D eigenvalue weighted by Gasteiger charge is -2.23. The zero-order valence-corrected chi connectivity index (χ0v) is 16.4. The van der Waals surface area contributed by atoms with Crippen LogP contribution in [-0.2, 0) is 13.0 Å². The van der Waals surface area contributed by atoms with Gasteiger partial charge in [-0.25, -0.2) is 0 Å². The van der Waals surface area contributed by atoms with E-state index >= 15 is 0 Å². The van der Waals surface area contributed by atoms with Crippen molar-refractivity contribution >= 4 is 22.7 Å². The lowest BCUT2D eigenvalue weighted by Crippen LogP contribution is -2.26. The minimum absolute atomic E-state index is 1.03. The summed E-state index contributed by atoms with van der Waals surface area (Å²) in [5.41, 5.74) is 10.3. The molecule has 0 atom stereocenters. The molecule has 1 aromatic carbocycles. The second-order valence-electron chi connectivity index (χ2n) is 7.75. The number of hydrogen-bond acceptors (Lipinski definition) is 2. The number of allylic oxidation sites excluding steroid dienone is 1.